The number of carbonyl (C=O) groups is 1. The van der Waals surface area contributed by atoms with Crippen LogP contribution in [-0.4, -0.2) is 17.1 Å². The van der Waals surface area contributed by atoms with E-state index in [-0.39, 0.29) is 6.42 Å². The van der Waals surface area contributed by atoms with Gasteiger partial charge in [-0.2, -0.15) is 0 Å². The predicted molar refractivity (Wildman–Crippen MR) is 34.4 cm³/mol. The van der Waals surface area contributed by atoms with Crippen LogP contribution in [0.5, 0.6) is 0 Å². The second kappa shape index (κ2) is 2.94. The first-order valence-electron chi connectivity index (χ1n) is 2.76. The van der Waals surface area contributed by atoms with Crippen LogP contribution in [0.3, 0.4) is 0 Å². The molecule has 0 aliphatic heterocycles. The zero-order valence-corrected chi connectivity index (χ0v) is 5.72. The fourth-order valence-corrected chi connectivity index (χ4v) is 0.331. The number of hydrogen-bond donors (Lipinski definition) is 2. The summed E-state index contributed by atoms with van der Waals surface area (Å²) in [5, 5.41) is 9.10. The Kier molecular flexibility index (Phi) is 2.81. The van der Waals surface area contributed by atoms with E-state index in [1.165, 1.54) is 0 Å². The second-order valence-electron chi connectivity index (χ2n) is 2.30. The molecule has 0 aliphatic rings. The Hall–Kier alpha value is -0.410. The van der Waals surface area contributed by atoms with Gasteiger partial charge in [0.15, 0.2) is 0 Å². The number of aldehydes is 1. The van der Waals surface area contributed by atoms with Crippen LogP contribution in [0.2, 0.25) is 0 Å². The van der Waals surface area contributed by atoms with Crippen LogP contribution in [0.4, 0.5) is 0 Å². The molecule has 0 aromatic carbocycles. The summed E-state index contributed by atoms with van der Waals surface area (Å²) in [4.78, 5) is 9.87. The third kappa shape index (κ3) is 2.58. The van der Waals surface area contributed by atoms with Gasteiger partial charge < -0.3 is 15.6 Å². The van der Waals surface area contributed by atoms with Crippen LogP contribution in [0.1, 0.15) is 20.3 Å². The summed E-state index contributed by atoms with van der Waals surface area (Å²) in [7, 11) is 0. The summed E-state index contributed by atoms with van der Waals surface area (Å²) in [5.74, 6) is 0.648. The first-order chi connectivity index (χ1) is 4.00. The zero-order chi connectivity index (χ0) is 7.49. The Labute approximate surface area is 54.9 Å². The normalized spacial score (nSPS) is 17.4. The Bertz CT molecular complexity index is 99.2. The lowest BCUT2D eigenvalue weighted by atomic mass is 9.98. The minimum absolute atomic E-state index is 0.0324. The molecular weight excluding hydrogens is 118 g/mol. The average molecular weight is 130 g/mol. The van der Waals surface area contributed by atoms with E-state index < -0.39 is 5.72 Å². The highest BCUT2D eigenvalue weighted by Crippen LogP contribution is 2.14. The number of hydrogen-bond acceptors (Lipinski definition) is 3. The highest BCUT2D eigenvalue weighted by molar-refractivity contribution is 5.52. The molecule has 3 N–H and O–H groups in total. The maximum absolute atomic E-state index is 9.87. The molecule has 0 aromatic heterocycles. The Morgan fingerprint density at radius 1 is 1.78 bits per heavy atom. The van der Waals surface area contributed by atoms with E-state index in [1.807, 2.05) is 0 Å². The molecule has 3 nitrogen and oxygen atoms in total. The van der Waals surface area contributed by atoms with Crippen molar-refractivity contribution in [3.63, 3.8) is 0 Å². The van der Waals surface area contributed by atoms with Crippen molar-refractivity contribution in [1.29, 1.82) is 0 Å². The predicted octanol–water partition coefficient (Wildman–Crippen LogP) is -0.163. The van der Waals surface area contributed by atoms with E-state index in [1.54, 1.807) is 13.8 Å². The van der Waals surface area contributed by atoms with Gasteiger partial charge >= 0.3 is 0 Å². The van der Waals surface area contributed by atoms with E-state index in [2.05, 4.69) is 0 Å². The van der Waals surface area contributed by atoms with Crippen LogP contribution in [0.15, 0.2) is 0 Å². The first kappa shape index (κ1) is 8.59. The molecule has 0 amide bonds. The van der Waals surface area contributed by atoms with Gasteiger partial charge in [-0.15, -0.1) is 0 Å². The summed E-state index contributed by atoms with van der Waals surface area (Å²) in [6, 6.07) is 0. The molecule has 3 heteroatoms. The Balaban J connectivity index is 3.84. The number of carbonyl (C=O) groups excluding carboxylic acids is 1. The van der Waals surface area contributed by atoms with Crippen LogP contribution in [0, 0.1) is 5.92 Å². The van der Waals surface area contributed by atoms with Crippen molar-refractivity contribution in [2.45, 2.75) is 26.0 Å². The SMILES string of the molecule is C[C](C)C(N)(O)CC=O. The van der Waals surface area contributed by atoms with E-state index in [9.17, 15) is 4.79 Å². The monoisotopic (exact) mass is 130 g/mol. The van der Waals surface area contributed by atoms with Crippen molar-refractivity contribution in [3.8, 4) is 0 Å². The molecule has 1 radical (unpaired) electrons. The van der Waals surface area contributed by atoms with Crippen molar-refractivity contribution in [2.24, 2.45) is 5.73 Å². The first-order valence-corrected chi connectivity index (χ1v) is 2.76. The molecule has 0 fully saturated rings. The van der Waals surface area contributed by atoms with Gasteiger partial charge in [-0.05, 0) is 0 Å². The van der Waals surface area contributed by atoms with E-state index >= 15 is 0 Å². The number of rotatable bonds is 3. The van der Waals surface area contributed by atoms with Gasteiger partial charge in [-0.3, -0.25) is 0 Å². The van der Waals surface area contributed by atoms with Gasteiger partial charge in [0.2, 0.25) is 0 Å². The van der Waals surface area contributed by atoms with Crippen molar-refractivity contribution in [1.82, 2.24) is 0 Å². The molecule has 0 aliphatic carbocycles. The maximum atomic E-state index is 9.87. The van der Waals surface area contributed by atoms with Crippen LogP contribution < -0.4 is 5.73 Å². The third-order valence-electron chi connectivity index (χ3n) is 1.26. The summed E-state index contributed by atoms with van der Waals surface area (Å²) >= 11 is 0. The minimum Gasteiger partial charge on any atom is -0.375 e. The molecule has 0 rings (SSSR count). The Morgan fingerprint density at radius 3 is 2.33 bits per heavy atom. The fourth-order valence-electron chi connectivity index (χ4n) is 0.331. The standard InChI is InChI=1S/C6H12NO2/c1-5(2)6(7,9)3-4-8/h4,9H,3,7H2,1-2H3. The van der Waals surface area contributed by atoms with Crippen molar-refractivity contribution < 1.29 is 9.90 Å². The topological polar surface area (TPSA) is 63.3 Å². The molecular formula is C6H12NO2. The molecule has 0 bridgehead atoms. The minimum atomic E-state index is -1.40. The second-order valence-corrected chi connectivity index (χ2v) is 2.30. The lowest BCUT2D eigenvalue weighted by Gasteiger charge is -2.23. The smallest absolute Gasteiger partial charge is 0.126 e. The molecule has 0 saturated carbocycles. The molecule has 9 heavy (non-hydrogen) atoms. The van der Waals surface area contributed by atoms with E-state index in [4.69, 9.17) is 10.8 Å². The van der Waals surface area contributed by atoms with Gasteiger partial charge in [0.25, 0.3) is 0 Å². The molecule has 0 aromatic rings. The van der Waals surface area contributed by atoms with Gasteiger partial charge in [0.05, 0.1) is 0 Å². The zero-order valence-electron chi connectivity index (χ0n) is 5.72. The largest absolute Gasteiger partial charge is 0.375 e. The van der Waals surface area contributed by atoms with Crippen LogP contribution in [-0.2, 0) is 4.79 Å². The summed E-state index contributed by atoms with van der Waals surface area (Å²) in [6.07, 6.45) is 0.572. The molecule has 1 atom stereocenters. The van der Waals surface area contributed by atoms with Crippen molar-refractivity contribution in [2.75, 3.05) is 0 Å². The molecule has 53 valence electrons. The Morgan fingerprint density at radius 2 is 2.22 bits per heavy atom. The van der Waals surface area contributed by atoms with E-state index in [0.29, 0.717) is 12.2 Å². The molecule has 0 spiro atoms. The quantitative estimate of drug-likeness (QED) is 0.412. The third-order valence-corrected chi connectivity index (χ3v) is 1.26. The lowest BCUT2D eigenvalue weighted by Crippen LogP contribution is -2.43. The molecule has 0 saturated heterocycles. The highest BCUT2D eigenvalue weighted by atomic mass is 16.3. The number of nitrogens with two attached hydrogens (primary N) is 1. The number of aliphatic hydroxyl groups is 1. The lowest BCUT2D eigenvalue weighted by molar-refractivity contribution is -0.111. The maximum Gasteiger partial charge on any atom is 0.126 e. The highest BCUT2D eigenvalue weighted by Gasteiger charge is 2.24. The van der Waals surface area contributed by atoms with Crippen molar-refractivity contribution >= 4 is 6.29 Å². The van der Waals surface area contributed by atoms with Crippen molar-refractivity contribution in [3.05, 3.63) is 5.92 Å². The van der Waals surface area contributed by atoms with Gasteiger partial charge in [-0.25, -0.2) is 0 Å². The van der Waals surface area contributed by atoms with Gasteiger partial charge in [-0.1, -0.05) is 13.8 Å². The summed E-state index contributed by atoms with van der Waals surface area (Å²) in [6.45, 7) is 3.37. The van der Waals surface area contributed by atoms with Crippen LogP contribution >= 0.6 is 0 Å². The fraction of sp³-hybridized carbons (Fsp3) is 0.667. The summed E-state index contributed by atoms with van der Waals surface area (Å²) in [5.41, 5.74) is 3.86. The van der Waals surface area contributed by atoms with E-state index in [0.717, 1.165) is 0 Å². The molecule has 0 heterocycles. The van der Waals surface area contributed by atoms with Crippen LogP contribution in [0.25, 0.3) is 0 Å². The molecule has 1 unspecified atom stereocenters. The van der Waals surface area contributed by atoms with Gasteiger partial charge in [0, 0.05) is 12.3 Å². The average Bonchev–Trinajstić information content (AvgIpc) is 1.65. The van der Waals surface area contributed by atoms with Gasteiger partial charge in [0.1, 0.15) is 12.0 Å². The summed E-state index contributed by atoms with van der Waals surface area (Å²) < 4.78 is 0.